The zero-order valence-electron chi connectivity index (χ0n) is 12.4. The molecule has 0 saturated heterocycles. The first-order valence-corrected chi connectivity index (χ1v) is 7.07. The molecule has 0 unspecified atom stereocenters. The molecule has 0 atom stereocenters. The van der Waals surface area contributed by atoms with Crippen LogP contribution >= 0.6 is 11.6 Å². The fourth-order valence-corrected chi connectivity index (χ4v) is 2.33. The largest absolute Gasteiger partial charge is 0.465 e. The molecule has 0 amide bonds. The molecule has 0 aliphatic rings. The van der Waals surface area contributed by atoms with E-state index < -0.39 is 0 Å². The summed E-state index contributed by atoms with van der Waals surface area (Å²) in [4.78, 5) is 11.6. The number of hydrogen-bond acceptors (Lipinski definition) is 3. The van der Waals surface area contributed by atoms with E-state index in [-0.39, 0.29) is 5.97 Å². The van der Waals surface area contributed by atoms with Crippen molar-refractivity contribution in [3.63, 3.8) is 0 Å². The van der Waals surface area contributed by atoms with Gasteiger partial charge in [0.15, 0.2) is 0 Å². The number of aryl methyl sites for hydroxylation is 2. The molecular weight excluding hydrogens is 286 g/mol. The molecule has 2 rings (SSSR count). The first kappa shape index (κ1) is 15.4. The van der Waals surface area contributed by atoms with Crippen LogP contribution in [0.15, 0.2) is 36.4 Å². The quantitative estimate of drug-likeness (QED) is 0.853. The molecule has 1 N–H and O–H groups in total. The fraction of sp³-hybridized carbons (Fsp3) is 0.235. The highest BCUT2D eigenvalue weighted by atomic mass is 35.5. The second-order valence-electron chi connectivity index (χ2n) is 4.95. The highest BCUT2D eigenvalue weighted by Crippen LogP contribution is 2.20. The summed E-state index contributed by atoms with van der Waals surface area (Å²) in [6.07, 6.45) is 0. The fourth-order valence-electron chi connectivity index (χ4n) is 2.11. The Bertz CT molecular complexity index is 668. The second-order valence-corrected chi connectivity index (χ2v) is 5.38. The molecule has 0 aromatic heterocycles. The van der Waals surface area contributed by atoms with Crippen LogP contribution in [0.5, 0.6) is 0 Å². The summed E-state index contributed by atoms with van der Waals surface area (Å²) in [6.45, 7) is 4.70. The smallest absolute Gasteiger partial charge is 0.337 e. The average Bonchev–Trinajstić information content (AvgIpc) is 2.47. The lowest BCUT2D eigenvalue weighted by Gasteiger charge is -2.13. The van der Waals surface area contributed by atoms with E-state index in [9.17, 15) is 4.79 Å². The molecule has 0 fully saturated rings. The van der Waals surface area contributed by atoms with Gasteiger partial charge in [0.25, 0.3) is 0 Å². The Balaban J connectivity index is 2.17. The molecule has 110 valence electrons. The van der Waals surface area contributed by atoms with Crippen molar-refractivity contribution < 1.29 is 9.53 Å². The molecule has 4 heteroatoms. The molecule has 0 spiro atoms. The minimum atomic E-state index is -0.333. The Labute approximate surface area is 129 Å². The molecule has 2 aromatic rings. The van der Waals surface area contributed by atoms with E-state index in [0.29, 0.717) is 12.1 Å². The minimum absolute atomic E-state index is 0.333. The molecule has 0 radical (unpaired) electrons. The van der Waals surface area contributed by atoms with Gasteiger partial charge in [-0.3, -0.25) is 0 Å². The van der Waals surface area contributed by atoms with Crippen molar-refractivity contribution in [2.45, 2.75) is 20.4 Å². The predicted octanol–water partition coefficient (Wildman–Crippen LogP) is 4.36. The Morgan fingerprint density at radius 2 is 1.90 bits per heavy atom. The first-order chi connectivity index (χ1) is 10.0. The number of ether oxygens (including phenoxy) is 1. The highest BCUT2D eigenvalue weighted by Gasteiger charge is 2.08. The monoisotopic (exact) mass is 303 g/mol. The van der Waals surface area contributed by atoms with Crippen LogP contribution in [0.3, 0.4) is 0 Å². The summed E-state index contributed by atoms with van der Waals surface area (Å²) in [7, 11) is 1.38. The maximum atomic E-state index is 11.6. The van der Waals surface area contributed by atoms with Gasteiger partial charge in [-0.1, -0.05) is 23.7 Å². The van der Waals surface area contributed by atoms with Gasteiger partial charge in [-0.05, 0) is 54.8 Å². The first-order valence-electron chi connectivity index (χ1n) is 6.69. The van der Waals surface area contributed by atoms with Crippen molar-refractivity contribution >= 4 is 23.3 Å². The van der Waals surface area contributed by atoms with Crippen LogP contribution < -0.4 is 5.32 Å². The summed E-state index contributed by atoms with van der Waals surface area (Å²) in [5, 5.41) is 4.09. The summed E-state index contributed by atoms with van der Waals surface area (Å²) in [5.74, 6) is -0.333. The van der Waals surface area contributed by atoms with Crippen molar-refractivity contribution in [2.24, 2.45) is 0 Å². The number of esters is 1. The molecule has 0 heterocycles. The van der Waals surface area contributed by atoms with Crippen LogP contribution in [0, 0.1) is 13.8 Å². The number of carbonyl (C=O) groups excluding carboxylic acids is 1. The summed E-state index contributed by atoms with van der Waals surface area (Å²) >= 11 is 5.96. The third-order valence-corrected chi connectivity index (χ3v) is 3.67. The predicted molar refractivity (Wildman–Crippen MR) is 86.0 cm³/mol. The summed E-state index contributed by atoms with van der Waals surface area (Å²) < 4.78 is 4.74. The van der Waals surface area contributed by atoms with E-state index in [0.717, 1.165) is 21.8 Å². The molecule has 0 aliphatic heterocycles. The Hall–Kier alpha value is -2.00. The van der Waals surface area contributed by atoms with Crippen LogP contribution in [0.4, 0.5) is 5.69 Å². The van der Waals surface area contributed by atoms with Crippen LogP contribution in [-0.4, -0.2) is 13.1 Å². The molecule has 3 nitrogen and oxygen atoms in total. The Kier molecular flexibility index (Phi) is 4.86. The van der Waals surface area contributed by atoms with E-state index in [1.165, 1.54) is 12.7 Å². The lowest BCUT2D eigenvalue weighted by Crippen LogP contribution is -2.06. The van der Waals surface area contributed by atoms with E-state index in [2.05, 4.69) is 5.32 Å². The van der Waals surface area contributed by atoms with Crippen molar-refractivity contribution in [1.29, 1.82) is 0 Å². The van der Waals surface area contributed by atoms with Gasteiger partial charge in [0, 0.05) is 17.3 Å². The van der Waals surface area contributed by atoms with Gasteiger partial charge in [0.2, 0.25) is 0 Å². The Morgan fingerprint density at radius 1 is 1.14 bits per heavy atom. The normalized spacial score (nSPS) is 10.3. The van der Waals surface area contributed by atoms with E-state index in [1.54, 1.807) is 6.07 Å². The third kappa shape index (κ3) is 3.76. The molecule has 21 heavy (non-hydrogen) atoms. The lowest BCUT2D eigenvalue weighted by atomic mass is 10.1. The molecule has 0 bridgehead atoms. The number of benzene rings is 2. The maximum Gasteiger partial charge on any atom is 0.337 e. The van der Waals surface area contributed by atoms with Crippen molar-refractivity contribution in [3.05, 3.63) is 63.7 Å². The van der Waals surface area contributed by atoms with Gasteiger partial charge in [-0.15, -0.1) is 0 Å². The number of nitrogens with one attached hydrogen (secondary N) is 1. The van der Waals surface area contributed by atoms with Gasteiger partial charge < -0.3 is 10.1 Å². The van der Waals surface area contributed by atoms with Gasteiger partial charge in [0.05, 0.1) is 12.7 Å². The SMILES string of the molecule is COC(=O)c1ccc(C)c(NCc2ccc(Cl)cc2C)c1. The van der Waals surface area contributed by atoms with E-state index >= 15 is 0 Å². The second kappa shape index (κ2) is 6.64. The van der Waals surface area contributed by atoms with Crippen LogP contribution in [0.2, 0.25) is 5.02 Å². The lowest BCUT2D eigenvalue weighted by molar-refractivity contribution is 0.0601. The van der Waals surface area contributed by atoms with E-state index in [1.807, 2.05) is 44.2 Å². The highest BCUT2D eigenvalue weighted by molar-refractivity contribution is 6.30. The zero-order valence-corrected chi connectivity index (χ0v) is 13.1. The number of hydrogen-bond donors (Lipinski definition) is 1. The van der Waals surface area contributed by atoms with Gasteiger partial charge >= 0.3 is 5.97 Å². The maximum absolute atomic E-state index is 11.6. The van der Waals surface area contributed by atoms with Gasteiger partial charge in [-0.2, -0.15) is 0 Å². The Morgan fingerprint density at radius 3 is 2.57 bits per heavy atom. The number of halogens is 1. The zero-order chi connectivity index (χ0) is 15.4. The standard InChI is InChI=1S/C17H18ClNO2/c1-11-4-5-13(17(20)21-3)9-16(11)19-10-14-6-7-15(18)8-12(14)2/h4-9,19H,10H2,1-3H3. The summed E-state index contributed by atoms with van der Waals surface area (Å²) in [6, 6.07) is 11.3. The number of anilines is 1. The van der Waals surface area contributed by atoms with Crippen LogP contribution in [-0.2, 0) is 11.3 Å². The third-order valence-electron chi connectivity index (χ3n) is 3.43. The van der Waals surface area contributed by atoms with Crippen LogP contribution in [0.25, 0.3) is 0 Å². The van der Waals surface area contributed by atoms with Gasteiger partial charge in [-0.25, -0.2) is 4.79 Å². The number of carbonyl (C=O) groups is 1. The minimum Gasteiger partial charge on any atom is -0.465 e. The molecular formula is C17H18ClNO2. The van der Waals surface area contributed by atoms with Crippen molar-refractivity contribution in [2.75, 3.05) is 12.4 Å². The van der Waals surface area contributed by atoms with E-state index in [4.69, 9.17) is 16.3 Å². The molecule has 0 saturated carbocycles. The molecule has 0 aliphatic carbocycles. The van der Waals surface area contributed by atoms with Crippen molar-refractivity contribution in [1.82, 2.24) is 0 Å². The number of rotatable bonds is 4. The van der Waals surface area contributed by atoms with Crippen LogP contribution in [0.1, 0.15) is 27.0 Å². The summed E-state index contributed by atoms with van der Waals surface area (Å²) in [5.41, 5.74) is 4.85. The van der Waals surface area contributed by atoms with Crippen molar-refractivity contribution in [3.8, 4) is 0 Å². The average molecular weight is 304 g/mol. The van der Waals surface area contributed by atoms with Gasteiger partial charge in [0.1, 0.15) is 0 Å². The number of methoxy groups -OCH3 is 1. The topological polar surface area (TPSA) is 38.3 Å². The molecule has 2 aromatic carbocycles.